The van der Waals surface area contributed by atoms with Gasteiger partial charge in [0, 0.05) is 11.1 Å². The van der Waals surface area contributed by atoms with Gasteiger partial charge < -0.3 is 5.11 Å². The molecule has 6 nitrogen and oxygen atoms in total. The first-order valence-corrected chi connectivity index (χ1v) is 8.03. The molecule has 2 aromatic rings. The highest BCUT2D eigenvalue weighted by Crippen LogP contribution is 2.17. The third kappa shape index (κ3) is 3.63. The van der Waals surface area contributed by atoms with Crippen molar-refractivity contribution in [3.8, 4) is 0 Å². The minimum Gasteiger partial charge on any atom is -0.478 e. The average molecular weight is 330 g/mol. The van der Waals surface area contributed by atoms with E-state index in [2.05, 4.69) is 9.71 Å². The number of aromatic nitrogens is 1. The molecule has 9 heteroatoms. The molecule has 0 aliphatic rings. The van der Waals surface area contributed by atoms with Crippen LogP contribution >= 0.6 is 11.3 Å². The molecule has 0 atom stereocenters. The number of sulfonamides is 1. The molecule has 0 unspecified atom stereocenters. The first kappa shape index (κ1) is 15.5. The summed E-state index contributed by atoms with van der Waals surface area (Å²) in [6.45, 7) is 1.78. The van der Waals surface area contributed by atoms with Crippen LogP contribution in [-0.2, 0) is 16.6 Å². The first-order chi connectivity index (χ1) is 9.79. The van der Waals surface area contributed by atoms with Crippen LogP contribution in [0.1, 0.15) is 20.2 Å². The molecule has 0 aliphatic carbocycles. The molecule has 0 amide bonds. The number of rotatable bonds is 5. The van der Waals surface area contributed by atoms with E-state index in [-0.39, 0.29) is 12.1 Å². The van der Waals surface area contributed by atoms with Crippen molar-refractivity contribution in [2.45, 2.75) is 18.4 Å². The van der Waals surface area contributed by atoms with Crippen molar-refractivity contribution in [3.63, 3.8) is 0 Å². The molecule has 1 aromatic carbocycles. The van der Waals surface area contributed by atoms with Crippen molar-refractivity contribution in [3.05, 3.63) is 45.7 Å². The van der Waals surface area contributed by atoms with Crippen molar-refractivity contribution in [1.29, 1.82) is 0 Å². The maximum absolute atomic E-state index is 13.7. The van der Waals surface area contributed by atoms with E-state index in [0.717, 1.165) is 17.0 Å². The molecule has 0 saturated heterocycles. The molecule has 1 heterocycles. The van der Waals surface area contributed by atoms with Gasteiger partial charge >= 0.3 is 5.97 Å². The van der Waals surface area contributed by atoms with Crippen molar-refractivity contribution in [1.82, 2.24) is 9.71 Å². The highest BCUT2D eigenvalue weighted by molar-refractivity contribution is 7.89. The zero-order valence-corrected chi connectivity index (χ0v) is 12.5. The summed E-state index contributed by atoms with van der Waals surface area (Å²) >= 11 is 1.32. The Morgan fingerprint density at radius 1 is 1.48 bits per heavy atom. The lowest BCUT2D eigenvalue weighted by Crippen LogP contribution is -2.24. The summed E-state index contributed by atoms with van der Waals surface area (Å²) < 4.78 is 40.0. The number of nitrogens with zero attached hydrogens (tertiary/aromatic N) is 1. The van der Waals surface area contributed by atoms with E-state index < -0.39 is 26.7 Å². The standard InChI is InChI=1S/C12H11FN2O4S2/c1-7-5-14-11(20-7)6-15-21(18,19)10-3-2-8(12(16)17)4-9(10)13/h2-5,15H,6H2,1H3,(H,16,17). The van der Waals surface area contributed by atoms with Gasteiger partial charge in [-0.25, -0.2) is 27.3 Å². The minimum absolute atomic E-state index is 0.0546. The fraction of sp³-hybridized carbons (Fsp3) is 0.167. The largest absolute Gasteiger partial charge is 0.478 e. The van der Waals surface area contributed by atoms with Crippen LogP contribution in [0.15, 0.2) is 29.3 Å². The molecular weight excluding hydrogens is 319 g/mol. The molecule has 0 saturated carbocycles. The molecule has 2 rings (SSSR count). The van der Waals surface area contributed by atoms with Gasteiger partial charge in [-0.05, 0) is 25.1 Å². The Morgan fingerprint density at radius 2 is 2.19 bits per heavy atom. The second-order valence-electron chi connectivity index (χ2n) is 4.14. The molecule has 2 N–H and O–H groups in total. The van der Waals surface area contributed by atoms with Crippen LogP contribution in [0, 0.1) is 12.7 Å². The lowest BCUT2D eigenvalue weighted by Gasteiger charge is -2.07. The molecule has 0 fully saturated rings. The molecule has 112 valence electrons. The topological polar surface area (TPSA) is 96.4 Å². The van der Waals surface area contributed by atoms with E-state index in [1.807, 2.05) is 6.92 Å². The number of thiazole rings is 1. The van der Waals surface area contributed by atoms with E-state index in [9.17, 15) is 17.6 Å². The number of aryl methyl sites for hydroxylation is 1. The molecule has 0 bridgehead atoms. The van der Waals surface area contributed by atoms with Gasteiger partial charge in [-0.15, -0.1) is 11.3 Å². The third-order valence-corrected chi connectivity index (χ3v) is 4.90. The number of carbonyl (C=O) groups is 1. The Morgan fingerprint density at radius 3 is 2.71 bits per heavy atom. The zero-order valence-electron chi connectivity index (χ0n) is 10.8. The van der Waals surface area contributed by atoms with Crippen LogP contribution in [0.2, 0.25) is 0 Å². The monoisotopic (exact) mass is 330 g/mol. The predicted molar refractivity (Wildman–Crippen MR) is 74.2 cm³/mol. The molecule has 1 aromatic heterocycles. The Labute approximate surface area is 124 Å². The molecule has 0 radical (unpaired) electrons. The number of carboxylic acids is 1. The number of nitrogens with one attached hydrogen (secondary N) is 1. The Balaban J connectivity index is 2.21. The molecule has 0 spiro atoms. The van der Waals surface area contributed by atoms with Gasteiger partial charge in [-0.2, -0.15) is 0 Å². The van der Waals surface area contributed by atoms with Gasteiger partial charge in [0.1, 0.15) is 15.7 Å². The highest BCUT2D eigenvalue weighted by atomic mass is 32.2. The Kier molecular flexibility index (Phi) is 4.35. The van der Waals surface area contributed by atoms with Crippen molar-refractivity contribution >= 4 is 27.3 Å². The second-order valence-corrected chi connectivity index (χ2v) is 7.19. The van der Waals surface area contributed by atoms with Gasteiger partial charge in [0.2, 0.25) is 10.0 Å². The van der Waals surface area contributed by atoms with Gasteiger partial charge in [0.05, 0.1) is 12.1 Å². The van der Waals surface area contributed by atoms with Gasteiger partial charge in [0.15, 0.2) is 0 Å². The first-order valence-electron chi connectivity index (χ1n) is 5.73. The van der Waals surface area contributed by atoms with Gasteiger partial charge in [0.25, 0.3) is 0 Å². The molecule has 0 aliphatic heterocycles. The second kappa shape index (κ2) is 5.88. The van der Waals surface area contributed by atoms with Crippen LogP contribution in [0.25, 0.3) is 0 Å². The lowest BCUT2D eigenvalue weighted by atomic mass is 10.2. The number of halogens is 1. The van der Waals surface area contributed by atoms with Crippen molar-refractivity contribution < 1.29 is 22.7 Å². The summed E-state index contributed by atoms with van der Waals surface area (Å²) in [5, 5.41) is 9.27. The van der Waals surface area contributed by atoms with E-state index in [4.69, 9.17) is 5.11 Å². The summed E-state index contributed by atoms with van der Waals surface area (Å²) in [4.78, 5) is 15.0. The molecular formula is C12H11FN2O4S2. The summed E-state index contributed by atoms with van der Waals surface area (Å²) in [5.74, 6) is -2.44. The zero-order chi connectivity index (χ0) is 15.6. The minimum atomic E-state index is -4.07. The smallest absolute Gasteiger partial charge is 0.335 e. The fourth-order valence-corrected chi connectivity index (χ4v) is 3.43. The fourth-order valence-electron chi connectivity index (χ4n) is 1.57. The Bertz CT molecular complexity index is 786. The van der Waals surface area contributed by atoms with Gasteiger partial charge in [-0.3, -0.25) is 0 Å². The van der Waals surface area contributed by atoms with Crippen LogP contribution in [0.5, 0.6) is 0 Å². The third-order valence-electron chi connectivity index (χ3n) is 2.55. The van der Waals surface area contributed by atoms with Gasteiger partial charge in [-0.1, -0.05) is 0 Å². The number of carboxylic acid groups (broad SMARTS) is 1. The maximum Gasteiger partial charge on any atom is 0.335 e. The van der Waals surface area contributed by atoms with Crippen LogP contribution in [0.4, 0.5) is 4.39 Å². The van der Waals surface area contributed by atoms with Crippen molar-refractivity contribution in [2.24, 2.45) is 0 Å². The highest BCUT2D eigenvalue weighted by Gasteiger charge is 2.20. The summed E-state index contributed by atoms with van der Waals surface area (Å²) in [5.41, 5.74) is -0.318. The number of benzene rings is 1. The van der Waals surface area contributed by atoms with E-state index in [1.165, 1.54) is 11.3 Å². The van der Waals surface area contributed by atoms with Crippen LogP contribution < -0.4 is 4.72 Å². The lowest BCUT2D eigenvalue weighted by molar-refractivity contribution is 0.0696. The van der Waals surface area contributed by atoms with E-state index in [0.29, 0.717) is 11.1 Å². The van der Waals surface area contributed by atoms with Crippen LogP contribution in [0.3, 0.4) is 0 Å². The predicted octanol–water partition coefficient (Wildman–Crippen LogP) is 1.77. The normalized spacial score (nSPS) is 11.5. The summed E-state index contributed by atoms with van der Waals surface area (Å²) in [7, 11) is -4.07. The van der Waals surface area contributed by atoms with Crippen LogP contribution in [-0.4, -0.2) is 24.5 Å². The Hall–Kier alpha value is -1.84. The van der Waals surface area contributed by atoms with E-state index in [1.54, 1.807) is 6.20 Å². The molecule has 21 heavy (non-hydrogen) atoms. The van der Waals surface area contributed by atoms with E-state index >= 15 is 0 Å². The number of hydrogen-bond donors (Lipinski definition) is 2. The quantitative estimate of drug-likeness (QED) is 0.871. The van der Waals surface area contributed by atoms with Crippen molar-refractivity contribution in [2.75, 3.05) is 0 Å². The number of aromatic carboxylic acids is 1. The average Bonchev–Trinajstić information content (AvgIpc) is 2.82. The number of hydrogen-bond acceptors (Lipinski definition) is 5. The summed E-state index contributed by atoms with van der Waals surface area (Å²) in [6.07, 6.45) is 1.61. The SMILES string of the molecule is Cc1cnc(CNS(=O)(=O)c2ccc(C(=O)O)cc2F)s1. The summed E-state index contributed by atoms with van der Waals surface area (Å²) in [6, 6.07) is 2.63. The maximum atomic E-state index is 13.7.